The Balaban J connectivity index is 1.59. The van der Waals surface area contributed by atoms with E-state index in [4.69, 9.17) is 9.72 Å². The van der Waals surface area contributed by atoms with Gasteiger partial charge in [-0.15, -0.1) is 11.3 Å². The lowest BCUT2D eigenvalue weighted by Gasteiger charge is -2.20. The Morgan fingerprint density at radius 2 is 1.91 bits per heavy atom. The van der Waals surface area contributed by atoms with E-state index in [1.54, 1.807) is 0 Å². The van der Waals surface area contributed by atoms with Gasteiger partial charge in [0.15, 0.2) is 0 Å². The van der Waals surface area contributed by atoms with Crippen molar-refractivity contribution >= 4 is 39.1 Å². The van der Waals surface area contributed by atoms with Gasteiger partial charge < -0.3 is 10.1 Å². The molecule has 6 heteroatoms. The summed E-state index contributed by atoms with van der Waals surface area (Å²) in [6.07, 6.45) is 3.93. The smallest absolute Gasteiger partial charge is 0.341 e. The van der Waals surface area contributed by atoms with E-state index in [-0.39, 0.29) is 5.91 Å². The number of pyridine rings is 1. The van der Waals surface area contributed by atoms with Gasteiger partial charge in [0.2, 0.25) is 0 Å². The number of aromatic nitrogens is 1. The van der Waals surface area contributed by atoms with Crippen LogP contribution in [0, 0.1) is 12.8 Å². The van der Waals surface area contributed by atoms with E-state index in [0.717, 1.165) is 59.0 Å². The number of methoxy groups -OCH3 is 1. The highest BCUT2D eigenvalue weighted by Gasteiger charge is 2.30. The second-order valence-corrected chi connectivity index (χ2v) is 10.2. The fourth-order valence-electron chi connectivity index (χ4n) is 4.94. The number of thiophene rings is 1. The van der Waals surface area contributed by atoms with Crippen LogP contribution < -0.4 is 5.32 Å². The van der Waals surface area contributed by atoms with Gasteiger partial charge in [-0.1, -0.05) is 55.8 Å². The molecule has 2 aromatic heterocycles. The number of hydrogen-bond donors (Lipinski definition) is 1. The minimum atomic E-state index is -0.395. The SMILES string of the molecule is CCC1CCc2c(sc(NC(=O)c3cc(-c4ccccc4C)nc4ccccc34)c2C(=O)OC)C1. The molecular weight excluding hydrogens is 456 g/mol. The van der Waals surface area contributed by atoms with Gasteiger partial charge in [-0.2, -0.15) is 0 Å². The average Bonchev–Trinajstić information content (AvgIpc) is 3.24. The molecule has 0 spiro atoms. The molecule has 1 amide bonds. The number of carbonyl (C=O) groups excluding carboxylic acids is 2. The maximum absolute atomic E-state index is 13.7. The lowest BCUT2D eigenvalue weighted by atomic mass is 9.85. The van der Waals surface area contributed by atoms with Crippen LogP contribution in [0.1, 0.15) is 56.5 Å². The molecule has 4 aromatic rings. The van der Waals surface area contributed by atoms with Crippen LogP contribution in [0.15, 0.2) is 54.6 Å². The number of ether oxygens (including phenoxy) is 1. The van der Waals surface area contributed by atoms with Crippen LogP contribution in [0.3, 0.4) is 0 Å². The summed E-state index contributed by atoms with van der Waals surface area (Å²) in [6, 6.07) is 17.5. The Bertz CT molecular complexity index is 1440. The number of amides is 1. The topological polar surface area (TPSA) is 68.3 Å². The number of hydrogen-bond acceptors (Lipinski definition) is 5. The van der Waals surface area contributed by atoms with Gasteiger partial charge in [0, 0.05) is 15.8 Å². The van der Waals surface area contributed by atoms with E-state index in [0.29, 0.717) is 22.0 Å². The van der Waals surface area contributed by atoms with E-state index in [2.05, 4.69) is 12.2 Å². The zero-order valence-corrected chi connectivity index (χ0v) is 21.0. The van der Waals surface area contributed by atoms with Gasteiger partial charge in [0.05, 0.1) is 29.4 Å². The first kappa shape index (κ1) is 23.2. The predicted molar refractivity (Wildman–Crippen MR) is 141 cm³/mol. The third-order valence-electron chi connectivity index (χ3n) is 6.94. The summed E-state index contributed by atoms with van der Waals surface area (Å²) in [4.78, 5) is 32.5. The maximum Gasteiger partial charge on any atom is 0.341 e. The van der Waals surface area contributed by atoms with Gasteiger partial charge in [-0.25, -0.2) is 9.78 Å². The maximum atomic E-state index is 13.7. The van der Waals surface area contributed by atoms with Crippen LogP contribution in [-0.4, -0.2) is 24.0 Å². The zero-order chi connectivity index (χ0) is 24.5. The molecule has 1 aliphatic rings. The summed E-state index contributed by atoms with van der Waals surface area (Å²) >= 11 is 1.51. The first-order valence-electron chi connectivity index (χ1n) is 12.0. The highest BCUT2D eigenvalue weighted by molar-refractivity contribution is 7.17. The third-order valence-corrected chi connectivity index (χ3v) is 8.11. The minimum absolute atomic E-state index is 0.255. The summed E-state index contributed by atoms with van der Waals surface area (Å²) < 4.78 is 5.11. The van der Waals surface area contributed by atoms with Crippen molar-refractivity contribution in [3.05, 3.63) is 81.7 Å². The van der Waals surface area contributed by atoms with E-state index >= 15 is 0 Å². The quantitative estimate of drug-likeness (QED) is 0.315. The Morgan fingerprint density at radius 3 is 2.69 bits per heavy atom. The van der Waals surface area contributed by atoms with Crippen LogP contribution in [0.4, 0.5) is 5.00 Å². The standard InChI is InChI=1S/C29H28N2O3S/c1-4-18-13-14-21-25(15-18)35-28(26(21)29(33)34-3)31-27(32)22-16-24(19-10-6-5-9-17(19)2)30-23-12-8-7-11-20(22)23/h5-12,16,18H,4,13-15H2,1-3H3,(H,31,32). The Hall–Kier alpha value is -3.51. The first-order chi connectivity index (χ1) is 17.0. The molecule has 178 valence electrons. The normalized spacial score (nSPS) is 15.0. The van der Waals surface area contributed by atoms with E-state index in [1.807, 2.05) is 61.5 Å². The summed E-state index contributed by atoms with van der Waals surface area (Å²) in [5, 5.41) is 4.41. The number of carbonyl (C=O) groups is 2. The monoisotopic (exact) mass is 484 g/mol. The molecule has 0 bridgehead atoms. The van der Waals surface area contributed by atoms with Crippen LogP contribution in [0.2, 0.25) is 0 Å². The molecule has 2 aromatic carbocycles. The lowest BCUT2D eigenvalue weighted by molar-refractivity contribution is 0.0601. The molecule has 0 saturated carbocycles. The van der Waals surface area contributed by atoms with Crippen molar-refractivity contribution in [2.75, 3.05) is 12.4 Å². The minimum Gasteiger partial charge on any atom is -0.465 e. The van der Waals surface area contributed by atoms with Crippen molar-refractivity contribution in [2.45, 2.75) is 39.5 Å². The number of esters is 1. The number of para-hydroxylation sites is 1. The molecule has 0 aliphatic heterocycles. The third kappa shape index (κ3) is 4.34. The number of nitrogens with zero attached hydrogens (tertiary/aromatic N) is 1. The van der Waals surface area contributed by atoms with Gasteiger partial charge in [0.25, 0.3) is 5.91 Å². The van der Waals surface area contributed by atoms with Crippen LogP contribution in [-0.2, 0) is 17.6 Å². The summed E-state index contributed by atoms with van der Waals surface area (Å²) in [7, 11) is 1.39. The molecule has 2 heterocycles. The Kier molecular flexibility index (Phi) is 6.39. The molecule has 1 N–H and O–H groups in total. The summed E-state index contributed by atoms with van der Waals surface area (Å²) in [6.45, 7) is 4.24. The molecule has 0 saturated heterocycles. The van der Waals surface area contributed by atoms with Crippen molar-refractivity contribution < 1.29 is 14.3 Å². The molecule has 5 nitrogen and oxygen atoms in total. The second-order valence-electron chi connectivity index (χ2n) is 9.06. The summed E-state index contributed by atoms with van der Waals surface area (Å²) in [5.41, 5.74) is 5.64. The molecule has 1 aliphatic carbocycles. The Labute approximate surface area is 209 Å². The first-order valence-corrected chi connectivity index (χ1v) is 12.8. The predicted octanol–water partition coefficient (Wildman–Crippen LogP) is 6.83. The molecule has 0 radical (unpaired) electrons. The number of benzene rings is 2. The van der Waals surface area contributed by atoms with Gasteiger partial charge >= 0.3 is 5.97 Å². The van der Waals surface area contributed by atoms with Crippen molar-refractivity contribution in [3.8, 4) is 11.3 Å². The van der Waals surface area contributed by atoms with Crippen LogP contribution in [0.25, 0.3) is 22.2 Å². The van der Waals surface area contributed by atoms with Crippen LogP contribution in [0.5, 0.6) is 0 Å². The highest BCUT2D eigenvalue weighted by Crippen LogP contribution is 2.41. The van der Waals surface area contributed by atoms with E-state index in [9.17, 15) is 9.59 Å². The molecule has 1 unspecified atom stereocenters. The Morgan fingerprint density at radius 1 is 1.14 bits per heavy atom. The van der Waals surface area contributed by atoms with Crippen molar-refractivity contribution in [2.24, 2.45) is 5.92 Å². The highest BCUT2D eigenvalue weighted by atomic mass is 32.1. The average molecular weight is 485 g/mol. The largest absolute Gasteiger partial charge is 0.465 e. The number of rotatable bonds is 5. The second kappa shape index (κ2) is 9.62. The van der Waals surface area contributed by atoms with Crippen molar-refractivity contribution in [1.82, 2.24) is 4.98 Å². The molecule has 35 heavy (non-hydrogen) atoms. The molecule has 5 rings (SSSR count). The number of anilines is 1. The number of fused-ring (bicyclic) bond motifs is 2. The van der Waals surface area contributed by atoms with Crippen LogP contribution >= 0.6 is 11.3 Å². The van der Waals surface area contributed by atoms with Crippen molar-refractivity contribution in [1.29, 1.82) is 0 Å². The molecular formula is C29H28N2O3S. The van der Waals surface area contributed by atoms with Gasteiger partial charge in [-0.05, 0) is 55.4 Å². The number of aryl methyl sites for hydroxylation is 1. The molecule has 0 fully saturated rings. The van der Waals surface area contributed by atoms with Gasteiger partial charge in [0.1, 0.15) is 5.00 Å². The molecule has 1 atom stereocenters. The fraction of sp³-hybridized carbons (Fsp3) is 0.276. The summed E-state index contributed by atoms with van der Waals surface area (Å²) in [5.74, 6) is -0.0434. The van der Waals surface area contributed by atoms with Crippen molar-refractivity contribution in [3.63, 3.8) is 0 Å². The number of nitrogens with one attached hydrogen (secondary N) is 1. The van der Waals surface area contributed by atoms with E-state index in [1.165, 1.54) is 23.3 Å². The fourth-order valence-corrected chi connectivity index (χ4v) is 6.29. The zero-order valence-electron chi connectivity index (χ0n) is 20.2. The van der Waals surface area contributed by atoms with E-state index < -0.39 is 5.97 Å². The van der Waals surface area contributed by atoms with Gasteiger partial charge in [-0.3, -0.25) is 4.79 Å². The lowest BCUT2D eigenvalue weighted by Crippen LogP contribution is -2.17.